The quantitative estimate of drug-likeness (QED) is 0.779. The molecule has 3 atom stereocenters. The van der Waals surface area contributed by atoms with Gasteiger partial charge in [0.15, 0.2) is 0 Å². The third kappa shape index (κ3) is 2.60. The number of fused-ring (bicyclic) bond motifs is 2. The van der Waals surface area contributed by atoms with E-state index in [1.165, 1.54) is 51.4 Å². The lowest BCUT2D eigenvalue weighted by Crippen LogP contribution is -2.53. The molecule has 3 fully saturated rings. The zero-order valence-corrected chi connectivity index (χ0v) is 12.2. The van der Waals surface area contributed by atoms with Crippen LogP contribution in [0, 0.1) is 5.92 Å². The third-order valence-electron chi connectivity index (χ3n) is 5.48. The number of hydrogen-bond acceptors (Lipinski definition) is 2. The first kappa shape index (κ1) is 12.9. The Morgan fingerprint density at radius 3 is 2.22 bits per heavy atom. The van der Waals surface area contributed by atoms with E-state index < -0.39 is 0 Å². The minimum absolute atomic E-state index is 0.808. The lowest BCUT2D eigenvalue weighted by atomic mass is 9.93. The molecule has 2 bridgehead atoms. The summed E-state index contributed by atoms with van der Waals surface area (Å²) >= 11 is 0. The van der Waals surface area contributed by atoms with Gasteiger partial charge < -0.3 is 5.32 Å². The molecule has 3 aliphatic rings. The SMILES string of the molecule is CCNC1CC2CCC(C1)N2C(CC)CC1CC1. The largest absolute Gasteiger partial charge is 0.314 e. The molecule has 2 heteroatoms. The number of rotatable bonds is 6. The Morgan fingerprint density at radius 2 is 1.72 bits per heavy atom. The average Bonchev–Trinajstić information content (AvgIpc) is 3.14. The van der Waals surface area contributed by atoms with E-state index in [4.69, 9.17) is 0 Å². The van der Waals surface area contributed by atoms with Gasteiger partial charge in [-0.3, -0.25) is 4.90 Å². The van der Waals surface area contributed by atoms with E-state index >= 15 is 0 Å². The van der Waals surface area contributed by atoms with Crippen LogP contribution in [0.5, 0.6) is 0 Å². The van der Waals surface area contributed by atoms with Gasteiger partial charge in [0.2, 0.25) is 0 Å². The Morgan fingerprint density at radius 1 is 1.06 bits per heavy atom. The van der Waals surface area contributed by atoms with E-state index in [1.807, 2.05) is 0 Å². The molecular weight excluding hydrogens is 220 g/mol. The zero-order chi connectivity index (χ0) is 12.5. The molecule has 2 heterocycles. The van der Waals surface area contributed by atoms with E-state index in [0.29, 0.717) is 0 Å². The molecule has 2 saturated heterocycles. The summed E-state index contributed by atoms with van der Waals surface area (Å²) in [5.41, 5.74) is 0. The Balaban J connectivity index is 1.62. The van der Waals surface area contributed by atoms with Gasteiger partial charge in [-0.2, -0.15) is 0 Å². The van der Waals surface area contributed by atoms with Crippen LogP contribution >= 0.6 is 0 Å². The Bertz CT molecular complexity index is 260. The van der Waals surface area contributed by atoms with Crippen molar-refractivity contribution >= 4 is 0 Å². The fourth-order valence-corrected chi connectivity index (χ4v) is 4.50. The van der Waals surface area contributed by atoms with E-state index in [1.54, 1.807) is 0 Å². The molecule has 2 aliphatic heterocycles. The molecule has 0 aromatic heterocycles. The molecule has 0 spiro atoms. The monoisotopic (exact) mass is 250 g/mol. The number of nitrogens with one attached hydrogen (secondary N) is 1. The van der Waals surface area contributed by atoms with Gasteiger partial charge in [-0.15, -0.1) is 0 Å². The second-order valence-electron chi connectivity index (χ2n) is 6.80. The summed E-state index contributed by atoms with van der Waals surface area (Å²) in [5.74, 6) is 1.08. The summed E-state index contributed by atoms with van der Waals surface area (Å²) in [5, 5.41) is 3.69. The number of nitrogens with zero attached hydrogens (tertiary/aromatic N) is 1. The highest BCUT2D eigenvalue weighted by Gasteiger charge is 2.44. The van der Waals surface area contributed by atoms with Crippen molar-refractivity contribution in [3.63, 3.8) is 0 Å². The summed E-state index contributed by atoms with van der Waals surface area (Å²) in [6.07, 6.45) is 11.6. The molecule has 0 aromatic rings. The molecule has 0 amide bonds. The first-order valence-electron chi connectivity index (χ1n) is 8.32. The van der Waals surface area contributed by atoms with Crippen LogP contribution in [0.25, 0.3) is 0 Å². The summed E-state index contributed by atoms with van der Waals surface area (Å²) in [7, 11) is 0. The maximum atomic E-state index is 3.69. The molecule has 0 aromatic carbocycles. The third-order valence-corrected chi connectivity index (χ3v) is 5.48. The summed E-state index contributed by atoms with van der Waals surface area (Å²) in [4.78, 5) is 2.95. The zero-order valence-electron chi connectivity index (χ0n) is 12.2. The minimum atomic E-state index is 0.808. The molecule has 2 nitrogen and oxygen atoms in total. The van der Waals surface area contributed by atoms with Crippen molar-refractivity contribution in [3.8, 4) is 0 Å². The van der Waals surface area contributed by atoms with Gasteiger partial charge in [-0.25, -0.2) is 0 Å². The fraction of sp³-hybridized carbons (Fsp3) is 1.00. The van der Waals surface area contributed by atoms with Crippen molar-refractivity contribution in [1.29, 1.82) is 0 Å². The van der Waals surface area contributed by atoms with Crippen LogP contribution in [0.4, 0.5) is 0 Å². The summed E-state index contributed by atoms with van der Waals surface area (Å²) in [6.45, 7) is 5.79. The van der Waals surface area contributed by atoms with Crippen LogP contribution in [-0.4, -0.2) is 35.6 Å². The molecule has 1 saturated carbocycles. The van der Waals surface area contributed by atoms with Crippen LogP contribution in [0.2, 0.25) is 0 Å². The van der Waals surface area contributed by atoms with E-state index in [-0.39, 0.29) is 0 Å². The highest BCUT2D eigenvalue weighted by molar-refractivity contribution is 5.00. The first-order chi connectivity index (χ1) is 8.81. The molecule has 3 rings (SSSR count). The molecule has 1 N–H and O–H groups in total. The second kappa shape index (κ2) is 5.50. The van der Waals surface area contributed by atoms with Crippen molar-refractivity contribution in [2.45, 2.75) is 89.4 Å². The highest BCUT2D eigenvalue weighted by Crippen LogP contribution is 2.42. The summed E-state index contributed by atoms with van der Waals surface area (Å²) < 4.78 is 0. The fourth-order valence-electron chi connectivity index (χ4n) is 4.50. The van der Waals surface area contributed by atoms with Gasteiger partial charge >= 0.3 is 0 Å². The molecule has 0 radical (unpaired) electrons. The predicted molar refractivity (Wildman–Crippen MR) is 76.8 cm³/mol. The van der Waals surface area contributed by atoms with Gasteiger partial charge in [0.05, 0.1) is 0 Å². The van der Waals surface area contributed by atoms with E-state index in [9.17, 15) is 0 Å². The molecule has 104 valence electrons. The van der Waals surface area contributed by atoms with Gasteiger partial charge in [0, 0.05) is 24.2 Å². The molecule has 18 heavy (non-hydrogen) atoms. The summed E-state index contributed by atoms with van der Waals surface area (Å²) in [6, 6.07) is 3.51. The first-order valence-corrected chi connectivity index (χ1v) is 8.32. The van der Waals surface area contributed by atoms with Gasteiger partial charge in [-0.05, 0) is 51.0 Å². The van der Waals surface area contributed by atoms with Gasteiger partial charge in [0.1, 0.15) is 0 Å². The average molecular weight is 250 g/mol. The van der Waals surface area contributed by atoms with Crippen LogP contribution in [0.1, 0.15) is 65.2 Å². The van der Waals surface area contributed by atoms with E-state index in [0.717, 1.165) is 36.6 Å². The van der Waals surface area contributed by atoms with Crippen molar-refractivity contribution in [1.82, 2.24) is 10.2 Å². The maximum absolute atomic E-state index is 3.69. The lowest BCUT2D eigenvalue weighted by molar-refractivity contribution is 0.0611. The van der Waals surface area contributed by atoms with Gasteiger partial charge in [0.25, 0.3) is 0 Å². The molecule has 1 aliphatic carbocycles. The van der Waals surface area contributed by atoms with Crippen molar-refractivity contribution in [2.24, 2.45) is 5.92 Å². The van der Waals surface area contributed by atoms with Crippen LogP contribution in [0.15, 0.2) is 0 Å². The topological polar surface area (TPSA) is 15.3 Å². The lowest BCUT2D eigenvalue weighted by Gasteiger charge is -2.44. The van der Waals surface area contributed by atoms with Gasteiger partial charge in [-0.1, -0.05) is 26.7 Å². The minimum Gasteiger partial charge on any atom is -0.314 e. The predicted octanol–water partition coefficient (Wildman–Crippen LogP) is 3.17. The second-order valence-corrected chi connectivity index (χ2v) is 6.80. The van der Waals surface area contributed by atoms with Crippen LogP contribution in [0.3, 0.4) is 0 Å². The molecular formula is C16H30N2. The van der Waals surface area contributed by atoms with Crippen molar-refractivity contribution in [3.05, 3.63) is 0 Å². The van der Waals surface area contributed by atoms with E-state index in [2.05, 4.69) is 24.1 Å². The smallest absolute Gasteiger partial charge is 0.0116 e. The number of hydrogen-bond donors (Lipinski definition) is 1. The normalized spacial score (nSPS) is 38.0. The highest BCUT2D eigenvalue weighted by atomic mass is 15.3. The van der Waals surface area contributed by atoms with Crippen molar-refractivity contribution < 1.29 is 0 Å². The van der Waals surface area contributed by atoms with Crippen molar-refractivity contribution in [2.75, 3.05) is 6.54 Å². The molecule has 3 unspecified atom stereocenters. The Labute approximate surface area is 113 Å². The number of piperidine rings is 1. The maximum Gasteiger partial charge on any atom is 0.0116 e. The van der Waals surface area contributed by atoms with Crippen LogP contribution < -0.4 is 5.32 Å². The van der Waals surface area contributed by atoms with Crippen LogP contribution in [-0.2, 0) is 0 Å². The Kier molecular flexibility index (Phi) is 3.95. The Hall–Kier alpha value is -0.0800. The standard InChI is InChI=1S/C16H30N2/c1-3-14(9-12-5-6-12)18-15-7-8-16(18)11-13(10-15)17-4-2/h12-17H,3-11H2,1-2H3.